The van der Waals surface area contributed by atoms with Crippen LogP contribution in [0.25, 0.3) is 0 Å². The number of hydrogen-bond donors (Lipinski definition) is 0. The highest BCUT2D eigenvalue weighted by molar-refractivity contribution is 14.1. The first kappa shape index (κ1) is 10.8. The molecular formula is C11H15IO. The maximum Gasteiger partial charge on any atom is 0.123 e. The lowest BCUT2D eigenvalue weighted by molar-refractivity contribution is 0.240. The van der Waals surface area contributed by atoms with Gasteiger partial charge in [0.05, 0.1) is 6.10 Å². The van der Waals surface area contributed by atoms with Gasteiger partial charge in [0.15, 0.2) is 0 Å². The van der Waals surface area contributed by atoms with E-state index in [9.17, 15) is 0 Å². The van der Waals surface area contributed by atoms with Crippen molar-refractivity contribution < 1.29 is 4.74 Å². The van der Waals surface area contributed by atoms with Crippen molar-refractivity contribution in [3.8, 4) is 5.75 Å². The number of ether oxygens (including phenoxy) is 1. The monoisotopic (exact) mass is 290 g/mol. The standard InChI is InChI=1S/C11H15IO/c1-8(2)13-11-5-4-9(3)6-10(11)7-12/h4-6,8H,7H2,1-3H3. The Kier molecular flexibility index (Phi) is 4.03. The summed E-state index contributed by atoms with van der Waals surface area (Å²) in [7, 11) is 0. The van der Waals surface area contributed by atoms with Crippen LogP contribution in [-0.4, -0.2) is 6.10 Å². The number of benzene rings is 1. The summed E-state index contributed by atoms with van der Waals surface area (Å²) in [6.45, 7) is 6.21. The first-order chi connectivity index (χ1) is 6.13. The smallest absolute Gasteiger partial charge is 0.123 e. The van der Waals surface area contributed by atoms with Crippen LogP contribution in [0.4, 0.5) is 0 Å². The van der Waals surface area contributed by atoms with E-state index in [0.717, 1.165) is 10.2 Å². The third-order valence-corrected chi connectivity index (χ3v) is 2.54. The molecule has 0 aliphatic rings. The lowest BCUT2D eigenvalue weighted by Gasteiger charge is -2.13. The van der Waals surface area contributed by atoms with Gasteiger partial charge in [-0.25, -0.2) is 0 Å². The largest absolute Gasteiger partial charge is 0.491 e. The molecule has 0 amide bonds. The first-order valence-electron chi connectivity index (χ1n) is 4.45. The summed E-state index contributed by atoms with van der Waals surface area (Å²) < 4.78 is 6.69. The predicted molar refractivity (Wildman–Crippen MR) is 64.7 cm³/mol. The molecule has 1 rings (SSSR count). The second-order valence-corrected chi connectivity index (χ2v) is 4.17. The maximum atomic E-state index is 5.69. The summed E-state index contributed by atoms with van der Waals surface area (Å²) in [5.74, 6) is 1.02. The van der Waals surface area contributed by atoms with Gasteiger partial charge in [-0.2, -0.15) is 0 Å². The Balaban J connectivity index is 2.92. The fraction of sp³-hybridized carbons (Fsp3) is 0.455. The lowest BCUT2D eigenvalue weighted by atomic mass is 10.1. The van der Waals surface area contributed by atoms with E-state index >= 15 is 0 Å². The average molecular weight is 290 g/mol. The summed E-state index contributed by atoms with van der Waals surface area (Å²) in [6, 6.07) is 6.33. The fourth-order valence-corrected chi connectivity index (χ4v) is 1.78. The van der Waals surface area contributed by atoms with Crippen molar-refractivity contribution in [2.24, 2.45) is 0 Å². The summed E-state index contributed by atoms with van der Waals surface area (Å²) in [5.41, 5.74) is 2.58. The molecule has 0 atom stereocenters. The second-order valence-electron chi connectivity index (χ2n) is 3.41. The van der Waals surface area contributed by atoms with Gasteiger partial charge in [-0.05, 0) is 26.8 Å². The molecule has 1 nitrogen and oxygen atoms in total. The van der Waals surface area contributed by atoms with Crippen molar-refractivity contribution >= 4 is 22.6 Å². The third-order valence-electron chi connectivity index (χ3n) is 1.72. The molecule has 1 aromatic carbocycles. The normalized spacial score (nSPS) is 10.5. The van der Waals surface area contributed by atoms with Gasteiger partial charge in [0, 0.05) is 9.99 Å². The average Bonchev–Trinajstić information content (AvgIpc) is 2.07. The number of rotatable bonds is 3. The Labute approximate surface area is 93.6 Å². The van der Waals surface area contributed by atoms with Crippen LogP contribution in [0.3, 0.4) is 0 Å². The molecule has 13 heavy (non-hydrogen) atoms. The topological polar surface area (TPSA) is 9.23 Å². The highest BCUT2D eigenvalue weighted by Crippen LogP contribution is 2.23. The summed E-state index contributed by atoms with van der Waals surface area (Å²) in [5, 5.41) is 0. The minimum atomic E-state index is 0.254. The number of alkyl halides is 1. The van der Waals surface area contributed by atoms with Crippen molar-refractivity contribution in [1.82, 2.24) is 0 Å². The Morgan fingerprint density at radius 3 is 2.62 bits per heavy atom. The first-order valence-corrected chi connectivity index (χ1v) is 5.98. The molecule has 0 heterocycles. The van der Waals surface area contributed by atoms with Crippen molar-refractivity contribution in [3.63, 3.8) is 0 Å². The molecule has 0 aliphatic heterocycles. The zero-order chi connectivity index (χ0) is 9.84. The van der Waals surface area contributed by atoms with Crippen molar-refractivity contribution in [1.29, 1.82) is 0 Å². The van der Waals surface area contributed by atoms with E-state index in [-0.39, 0.29) is 6.10 Å². The lowest BCUT2D eigenvalue weighted by Crippen LogP contribution is -2.07. The fourth-order valence-electron chi connectivity index (χ4n) is 1.18. The zero-order valence-electron chi connectivity index (χ0n) is 8.30. The molecular weight excluding hydrogens is 275 g/mol. The summed E-state index contributed by atoms with van der Waals surface area (Å²) in [4.78, 5) is 0. The van der Waals surface area contributed by atoms with Crippen molar-refractivity contribution in [3.05, 3.63) is 29.3 Å². The zero-order valence-corrected chi connectivity index (χ0v) is 10.5. The van der Waals surface area contributed by atoms with E-state index in [1.807, 2.05) is 0 Å². The Hall–Kier alpha value is -0.250. The Morgan fingerprint density at radius 1 is 1.38 bits per heavy atom. The Morgan fingerprint density at radius 2 is 2.08 bits per heavy atom. The molecule has 0 aliphatic carbocycles. The molecule has 72 valence electrons. The molecule has 0 spiro atoms. The van der Waals surface area contributed by atoms with E-state index in [1.165, 1.54) is 11.1 Å². The second kappa shape index (κ2) is 4.84. The minimum Gasteiger partial charge on any atom is -0.491 e. The molecule has 0 fully saturated rings. The third kappa shape index (κ3) is 3.18. The van der Waals surface area contributed by atoms with Crippen LogP contribution in [0.5, 0.6) is 5.75 Å². The maximum absolute atomic E-state index is 5.69. The van der Waals surface area contributed by atoms with Gasteiger partial charge in [0.2, 0.25) is 0 Å². The number of halogens is 1. The van der Waals surface area contributed by atoms with Crippen LogP contribution >= 0.6 is 22.6 Å². The van der Waals surface area contributed by atoms with E-state index < -0.39 is 0 Å². The van der Waals surface area contributed by atoms with E-state index in [0.29, 0.717) is 0 Å². The molecule has 0 N–H and O–H groups in total. The van der Waals surface area contributed by atoms with E-state index in [4.69, 9.17) is 4.74 Å². The molecule has 0 unspecified atom stereocenters. The van der Waals surface area contributed by atoms with Crippen LogP contribution in [-0.2, 0) is 4.43 Å². The van der Waals surface area contributed by atoms with Crippen LogP contribution in [0.2, 0.25) is 0 Å². The number of aryl methyl sites for hydroxylation is 1. The molecule has 0 saturated carbocycles. The van der Waals surface area contributed by atoms with Crippen LogP contribution in [0.15, 0.2) is 18.2 Å². The van der Waals surface area contributed by atoms with Crippen LogP contribution in [0, 0.1) is 6.92 Å². The quantitative estimate of drug-likeness (QED) is 0.609. The highest BCUT2D eigenvalue weighted by Gasteiger charge is 2.03. The molecule has 0 bridgehead atoms. The molecule has 1 aromatic rings. The van der Waals surface area contributed by atoms with Gasteiger partial charge in [-0.3, -0.25) is 0 Å². The summed E-state index contributed by atoms with van der Waals surface area (Å²) >= 11 is 2.36. The van der Waals surface area contributed by atoms with Gasteiger partial charge in [-0.15, -0.1) is 0 Å². The predicted octanol–water partition coefficient (Wildman–Crippen LogP) is 3.72. The van der Waals surface area contributed by atoms with Crippen molar-refractivity contribution in [2.45, 2.75) is 31.3 Å². The van der Waals surface area contributed by atoms with Crippen LogP contribution < -0.4 is 4.74 Å². The Bertz CT molecular complexity index is 281. The van der Waals surface area contributed by atoms with Crippen molar-refractivity contribution in [2.75, 3.05) is 0 Å². The van der Waals surface area contributed by atoms with E-state index in [2.05, 4.69) is 61.6 Å². The SMILES string of the molecule is Cc1ccc(OC(C)C)c(CI)c1. The van der Waals surface area contributed by atoms with Gasteiger partial charge < -0.3 is 4.74 Å². The summed E-state index contributed by atoms with van der Waals surface area (Å²) in [6.07, 6.45) is 0.254. The molecule has 0 saturated heterocycles. The highest BCUT2D eigenvalue weighted by atomic mass is 127. The molecule has 0 aromatic heterocycles. The minimum absolute atomic E-state index is 0.254. The van der Waals surface area contributed by atoms with Gasteiger partial charge in [-0.1, -0.05) is 40.3 Å². The van der Waals surface area contributed by atoms with Gasteiger partial charge in [0.25, 0.3) is 0 Å². The van der Waals surface area contributed by atoms with Crippen LogP contribution in [0.1, 0.15) is 25.0 Å². The van der Waals surface area contributed by atoms with Gasteiger partial charge >= 0.3 is 0 Å². The van der Waals surface area contributed by atoms with E-state index in [1.54, 1.807) is 0 Å². The molecule has 2 heteroatoms. The molecule has 0 radical (unpaired) electrons. The van der Waals surface area contributed by atoms with Gasteiger partial charge in [0.1, 0.15) is 5.75 Å². The number of hydrogen-bond acceptors (Lipinski definition) is 1.